The van der Waals surface area contributed by atoms with Crippen molar-refractivity contribution in [2.75, 3.05) is 7.05 Å². The molecule has 0 aliphatic rings. The van der Waals surface area contributed by atoms with E-state index in [4.69, 9.17) is 0 Å². The van der Waals surface area contributed by atoms with Gasteiger partial charge >= 0.3 is 0 Å². The molecule has 0 aliphatic heterocycles. The van der Waals surface area contributed by atoms with Crippen LogP contribution in [-0.4, -0.2) is 12.6 Å². The lowest BCUT2D eigenvalue weighted by atomic mass is 10.0. The van der Waals surface area contributed by atoms with E-state index < -0.39 is 0 Å². The van der Waals surface area contributed by atoms with Gasteiger partial charge in [0.1, 0.15) is 0 Å². The van der Waals surface area contributed by atoms with Crippen LogP contribution < -0.4 is 5.32 Å². The Morgan fingerprint density at radius 2 is 1.76 bits per heavy atom. The highest BCUT2D eigenvalue weighted by atomic mass is 32.1. The molecule has 90 valence electrons. The Balaban J connectivity index is 2.17. The molecular formula is C15H19NS. The predicted molar refractivity (Wildman–Crippen MR) is 76.6 cm³/mol. The van der Waals surface area contributed by atoms with Crippen LogP contribution in [0.5, 0.6) is 0 Å². The number of hydrogen-bond donors (Lipinski definition) is 1. The zero-order chi connectivity index (χ0) is 12.3. The fraction of sp³-hybridized carbons (Fsp3) is 0.333. The summed E-state index contributed by atoms with van der Waals surface area (Å²) >= 11 is 1.89. The van der Waals surface area contributed by atoms with Gasteiger partial charge in [-0.1, -0.05) is 30.3 Å². The van der Waals surface area contributed by atoms with Crippen LogP contribution in [0.4, 0.5) is 0 Å². The SMILES string of the molecule is CNC(C)(C)Cc1ccc(-c2ccccc2)s1. The van der Waals surface area contributed by atoms with Gasteiger partial charge in [0.2, 0.25) is 0 Å². The van der Waals surface area contributed by atoms with E-state index in [2.05, 4.69) is 61.6 Å². The van der Waals surface area contributed by atoms with Crippen molar-refractivity contribution in [1.29, 1.82) is 0 Å². The summed E-state index contributed by atoms with van der Waals surface area (Å²) in [6.07, 6.45) is 1.07. The predicted octanol–water partition coefficient (Wildman–Crippen LogP) is 3.96. The van der Waals surface area contributed by atoms with Gasteiger partial charge in [-0.05, 0) is 45.0 Å². The summed E-state index contributed by atoms with van der Waals surface area (Å²) in [4.78, 5) is 2.79. The molecule has 0 atom stereocenters. The van der Waals surface area contributed by atoms with Crippen molar-refractivity contribution >= 4 is 11.3 Å². The van der Waals surface area contributed by atoms with Crippen LogP contribution in [0.3, 0.4) is 0 Å². The lowest BCUT2D eigenvalue weighted by Crippen LogP contribution is -2.38. The Hall–Kier alpha value is -1.12. The van der Waals surface area contributed by atoms with Gasteiger partial charge in [-0.3, -0.25) is 0 Å². The smallest absolute Gasteiger partial charge is 0.0345 e. The van der Waals surface area contributed by atoms with Gasteiger partial charge in [-0.15, -0.1) is 11.3 Å². The summed E-state index contributed by atoms with van der Waals surface area (Å²) in [5, 5.41) is 3.35. The lowest BCUT2D eigenvalue weighted by Gasteiger charge is -2.22. The zero-order valence-electron chi connectivity index (χ0n) is 10.7. The van der Waals surface area contributed by atoms with Gasteiger partial charge in [0.15, 0.2) is 0 Å². The summed E-state index contributed by atoms with van der Waals surface area (Å²) in [7, 11) is 2.02. The molecule has 0 unspecified atom stereocenters. The third-order valence-electron chi connectivity index (χ3n) is 3.01. The molecule has 0 aliphatic carbocycles. The monoisotopic (exact) mass is 245 g/mol. The van der Waals surface area contributed by atoms with Crippen LogP contribution in [0.15, 0.2) is 42.5 Å². The average Bonchev–Trinajstić information content (AvgIpc) is 2.78. The number of nitrogens with one attached hydrogen (secondary N) is 1. The molecule has 0 amide bonds. The first-order valence-corrected chi connectivity index (χ1v) is 6.75. The second-order valence-corrected chi connectivity index (χ2v) is 6.11. The van der Waals surface area contributed by atoms with Gasteiger partial charge in [0, 0.05) is 15.3 Å². The van der Waals surface area contributed by atoms with Gasteiger partial charge in [-0.2, -0.15) is 0 Å². The molecule has 2 rings (SSSR count). The van der Waals surface area contributed by atoms with Crippen molar-refractivity contribution in [3.8, 4) is 10.4 Å². The number of benzene rings is 1. The summed E-state index contributed by atoms with van der Waals surface area (Å²) in [6, 6.07) is 15.0. The highest BCUT2D eigenvalue weighted by Gasteiger charge is 2.16. The van der Waals surface area contributed by atoms with E-state index in [1.165, 1.54) is 15.3 Å². The third kappa shape index (κ3) is 3.18. The summed E-state index contributed by atoms with van der Waals surface area (Å²) < 4.78 is 0. The molecule has 0 fully saturated rings. The molecule has 0 bridgehead atoms. The number of likely N-dealkylation sites (N-methyl/N-ethyl adjacent to an activating group) is 1. The fourth-order valence-corrected chi connectivity index (χ4v) is 3.00. The Morgan fingerprint density at radius 3 is 2.41 bits per heavy atom. The molecule has 0 radical (unpaired) electrons. The average molecular weight is 245 g/mol. The Morgan fingerprint density at radius 1 is 1.06 bits per heavy atom. The lowest BCUT2D eigenvalue weighted by molar-refractivity contribution is 0.425. The van der Waals surface area contributed by atoms with Crippen LogP contribution in [-0.2, 0) is 6.42 Å². The fourth-order valence-electron chi connectivity index (χ4n) is 1.75. The maximum atomic E-state index is 3.35. The van der Waals surface area contributed by atoms with E-state index in [-0.39, 0.29) is 5.54 Å². The Bertz CT molecular complexity index is 471. The quantitative estimate of drug-likeness (QED) is 0.860. The van der Waals surface area contributed by atoms with Crippen molar-refractivity contribution in [2.45, 2.75) is 25.8 Å². The zero-order valence-corrected chi connectivity index (χ0v) is 11.5. The standard InChI is InChI=1S/C15H19NS/c1-15(2,16-3)11-13-9-10-14(17-13)12-7-5-4-6-8-12/h4-10,16H,11H2,1-3H3. The first-order valence-electron chi connectivity index (χ1n) is 5.94. The minimum Gasteiger partial charge on any atom is -0.314 e. The molecule has 0 saturated heterocycles. The number of rotatable bonds is 4. The topological polar surface area (TPSA) is 12.0 Å². The molecule has 17 heavy (non-hydrogen) atoms. The minimum atomic E-state index is 0.165. The van der Waals surface area contributed by atoms with E-state index in [1.807, 2.05) is 18.4 Å². The Labute approximate surface area is 108 Å². The molecule has 0 spiro atoms. The number of thiophene rings is 1. The van der Waals surface area contributed by atoms with Crippen LogP contribution >= 0.6 is 11.3 Å². The molecule has 1 aromatic carbocycles. The molecule has 1 N–H and O–H groups in total. The van der Waals surface area contributed by atoms with Crippen LogP contribution in [0.2, 0.25) is 0 Å². The summed E-state index contributed by atoms with van der Waals surface area (Å²) in [6.45, 7) is 4.46. The molecule has 1 heterocycles. The number of hydrogen-bond acceptors (Lipinski definition) is 2. The molecular weight excluding hydrogens is 226 g/mol. The van der Waals surface area contributed by atoms with E-state index >= 15 is 0 Å². The normalized spacial score (nSPS) is 11.7. The first-order chi connectivity index (χ1) is 8.11. The molecule has 0 saturated carbocycles. The molecule has 1 nitrogen and oxygen atoms in total. The largest absolute Gasteiger partial charge is 0.314 e. The maximum absolute atomic E-state index is 3.35. The second-order valence-electron chi connectivity index (χ2n) is 4.94. The van der Waals surface area contributed by atoms with Gasteiger partial charge in [-0.25, -0.2) is 0 Å². The molecule has 1 aromatic heterocycles. The van der Waals surface area contributed by atoms with Crippen molar-refractivity contribution in [1.82, 2.24) is 5.32 Å². The van der Waals surface area contributed by atoms with E-state index in [1.54, 1.807) is 0 Å². The minimum absolute atomic E-state index is 0.165. The maximum Gasteiger partial charge on any atom is 0.0345 e. The summed E-state index contributed by atoms with van der Waals surface area (Å²) in [5.41, 5.74) is 1.48. The molecule has 2 aromatic rings. The van der Waals surface area contributed by atoms with Crippen molar-refractivity contribution < 1.29 is 0 Å². The van der Waals surface area contributed by atoms with E-state index in [0.29, 0.717) is 0 Å². The van der Waals surface area contributed by atoms with Crippen LogP contribution in [0.1, 0.15) is 18.7 Å². The van der Waals surface area contributed by atoms with Crippen molar-refractivity contribution in [3.05, 3.63) is 47.3 Å². The van der Waals surface area contributed by atoms with Crippen LogP contribution in [0.25, 0.3) is 10.4 Å². The third-order valence-corrected chi connectivity index (χ3v) is 4.15. The highest BCUT2D eigenvalue weighted by Crippen LogP contribution is 2.29. The van der Waals surface area contributed by atoms with E-state index in [0.717, 1.165) is 6.42 Å². The highest BCUT2D eigenvalue weighted by molar-refractivity contribution is 7.15. The van der Waals surface area contributed by atoms with Crippen LogP contribution in [0, 0.1) is 0 Å². The van der Waals surface area contributed by atoms with Crippen molar-refractivity contribution in [3.63, 3.8) is 0 Å². The van der Waals surface area contributed by atoms with Crippen molar-refractivity contribution in [2.24, 2.45) is 0 Å². The summed E-state index contributed by atoms with van der Waals surface area (Å²) in [5.74, 6) is 0. The van der Waals surface area contributed by atoms with E-state index in [9.17, 15) is 0 Å². The van der Waals surface area contributed by atoms with Gasteiger partial charge in [0.05, 0.1) is 0 Å². The second kappa shape index (κ2) is 5.03. The Kier molecular flexibility index (Phi) is 3.65. The van der Waals surface area contributed by atoms with Gasteiger partial charge < -0.3 is 5.32 Å². The first kappa shape index (κ1) is 12.3. The molecule has 2 heteroatoms. The van der Waals surface area contributed by atoms with Gasteiger partial charge in [0.25, 0.3) is 0 Å².